The number of carbonyl (C=O) groups is 2. The van der Waals surface area contributed by atoms with E-state index in [2.05, 4.69) is 15.6 Å². The second-order valence-corrected chi connectivity index (χ2v) is 6.81. The summed E-state index contributed by atoms with van der Waals surface area (Å²) < 4.78 is 13.1. The molecule has 4 N–H and O–H groups in total. The number of urea groups is 1. The molecule has 0 bridgehead atoms. The van der Waals surface area contributed by atoms with Gasteiger partial charge in [0.1, 0.15) is 15.7 Å². The van der Waals surface area contributed by atoms with Crippen molar-refractivity contribution in [2.45, 2.75) is 13.5 Å². The van der Waals surface area contributed by atoms with E-state index in [1.807, 2.05) is 0 Å². The number of benzene rings is 2. The van der Waals surface area contributed by atoms with Crippen LogP contribution < -0.4 is 16.4 Å². The standard InChI is InChI=1S/C19H17FN4O2S/c1-11-16(27-18(23-11)13-4-6-14(20)7-5-13)17(25)22-10-12-2-8-15(9-3-12)24-19(21)26/h2-9H,10H2,1H3,(H,22,25)(H3,21,24,26). The van der Waals surface area contributed by atoms with E-state index in [0.29, 0.717) is 27.8 Å². The van der Waals surface area contributed by atoms with Gasteiger partial charge < -0.3 is 16.4 Å². The van der Waals surface area contributed by atoms with Gasteiger partial charge in [0.05, 0.1) is 5.69 Å². The fourth-order valence-corrected chi connectivity index (χ4v) is 3.42. The van der Waals surface area contributed by atoms with Crippen LogP contribution in [-0.2, 0) is 6.54 Å². The Balaban J connectivity index is 1.66. The van der Waals surface area contributed by atoms with Gasteiger partial charge in [0.2, 0.25) is 0 Å². The number of nitrogens with zero attached hydrogens (tertiary/aromatic N) is 1. The van der Waals surface area contributed by atoms with Gasteiger partial charge in [-0.1, -0.05) is 12.1 Å². The molecule has 3 rings (SSSR count). The molecule has 0 radical (unpaired) electrons. The smallest absolute Gasteiger partial charge is 0.316 e. The van der Waals surface area contributed by atoms with E-state index in [9.17, 15) is 14.0 Å². The summed E-state index contributed by atoms with van der Waals surface area (Å²) in [6.45, 7) is 2.10. The van der Waals surface area contributed by atoms with Gasteiger partial charge in [-0.3, -0.25) is 4.79 Å². The Morgan fingerprint density at radius 2 is 1.78 bits per heavy atom. The third-order valence-electron chi connectivity index (χ3n) is 3.77. The number of carbonyl (C=O) groups excluding carboxylic acids is 2. The van der Waals surface area contributed by atoms with E-state index >= 15 is 0 Å². The van der Waals surface area contributed by atoms with Gasteiger partial charge in [-0.25, -0.2) is 14.2 Å². The van der Waals surface area contributed by atoms with Crippen molar-refractivity contribution in [3.63, 3.8) is 0 Å². The molecule has 27 heavy (non-hydrogen) atoms. The lowest BCUT2D eigenvalue weighted by Crippen LogP contribution is -2.22. The van der Waals surface area contributed by atoms with Crippen LogP contribution in [0.2, 0.25) is 0 Å². The minimum Gasteiger partial charge on any atom is -0.351 e. The van der Waals surface area contributed by atoms with Crippen molar-refractivity contribution in [2.75, 3.05) is 5.32 Å². The molecule has 2 aromatic carbocycles. The van der Waals surface area contributed by atoms with Gasteiger partial charge >= 0.3 is 6.03 Å². The van der Waals surface area contributed by atoms with E-state index in [0.717, 1.165) is 11.1 Å². The number of thiazole rings is 1. The molecule has 3 amide bonds. The van der Waals surface area contributed by atoms with Crippen molar-refractivity contribution in [3.05, 3.63) is 70.5 Å². The van der Waals surface area contributed by atoms with Crippen LogP contribution in [0.3, 0.4) is 0 Å². The van der Waals surface area contributed by atoms with Crippen molar-refractivity contribution in [1.82, 2.24) is 10.3 Å². The first-order chi connectivity index (χ1) is 12.9. The zero-order chi connectivity index (χ0) is 19.4. The third-order valence-corrected chi connectivity index (χ3v) is 4.97. The average Bonchev–Trinajstić information content (AvgIpc) is 3.03. The molecule has 0 unspecified atom stereocenters. The molecule has 3 aromatic rings. The van der Waals surface area contributed by atoms with Crippen molar-refractivity contribution in [3.8, 4) is 10.6 Å². The monoisotopic (exact) mass is 384 g/mol. The molecule has 1 heterocycles. The van der Waals surface area contributed by atoms with E-state index in [1.165, 1.54) is 23.5 Å². The molecule has 0 saturated heterocycles. The first-order valence-electron chi connectivity index (χ1n) is 8.09. The van der Waals surface area contributed by atoms with Crippen molar-refractivity contribution in [2.24, 2.45) is 5.73 Å². The maximum absolute atomic E-state index is 13.1. The fraction of sp³-hybridized carbons (Fsp3) is 0.105. The number of amides is 3. The lowest BCUT2D eigenvalue weighted by Gasteiger charge is -2.06. The number of aromatic nitrogens is 1. The van der Waals surface area contributed by atoms with Crippen LogP contribution in [0.1, 0.15) is 20.9 Å². The van der Waals surface area contributed by atoms with E-state index in [1.54, 1.807) is 43.3 Å². The number of primary amides is 1. The summed E-state index contributed by atoms with van der Waals surface area (Å²) in [4.78, 5) is 28.2. The summed E-state index contributed by atoms with van der Waals surface area (Å²) in [5, 5.41) is 5.99. The Morgan fingerprint density at radius 3 is 2.41 bits per heavy atom. The number of nitrogens with two attached hydrogens (primary N) is 1. The van der Waals surface area contributed by atoms with Crippen LogP contribution in [0.15, 0.2) is 48.5 Å². The fourth-order valence-electron chi connectivity index (χ4n) is 2.43. The quantitative estimate of drug-likeness (QED) is 0.626. The largest absolute Gasteiger partial charge is 0.351 e. The highest BCUT2D eigenvalue weighted by Gasteiger charge is 2.16. The van der Waals surface area contributed by atoms with Crippen LogP contribution in [-0.4, -0.2) is 16.9 Å². The number of rotatable bonds is 5. The van der Waals surface area contributed by atoms with Gasteiger partial charge in [0.25, 0.3) is 5.91 Å². The molecular weight excluding hydrogens is 367 g/mol. The first-order valence-corrected chi connectivity index (χ1v) is 8.91. The van der Waals surface area contributed by atoms with Gasteiger partial charge in [0, 0.05) is 17.8 Å². The van der Waals surface area contributed by atoms with Gasteiger partial charge in [-0.2, -0.15) is 0 Å². The number of hydrogen-bond donors (Lipinski definition) is 3. The summed E-state index contributed by atoms with van der Waals surface area (Å²) in [5.74, 6) is -0.542. The molecule has 8 heteroatoms. The van der Waals surface area contributed by atoms with E-state index < -0.39 is 6.03 Å². The van der Waals surface area contributed by atoms with Crippen molar-refractivity contribution in [1.29, 1.82) is 0 Å². The van der Waals surface area contributed by atoms with E-state index in [-0.39, 0.29) is 11.7 Å². The molecule has 0 atom stereocenters. The van der Waals surface area contributed by atoms with Gasteiger partial charge in [0.15, 0.2) is 0 Å². The molecule has 6 nitrogen and oxygen atoms in total. The lowest BCUT2D eigenvalue weighted by molar-refractivity contribution is 0.0954. The van der Waals surface area contributed by atoms with Crippen LogP contribution in [0.25, 0.3) is 10.6 Å². The number of hydrogen-bond acceptors (Lipinski definition) is 4. The summed E-state index contributed by atoms with van der Waals surface area (Å²) >= 11 is 1.26. The lowest BCUT2D eigenvalue weighted by atomic mass is 10.2. The molecule has 0 aliphatic heterocycles. The Labute approximate surface area is 159 Å². The Hall–Kier alpha value is -3.26. The number of halogens is 1. The van der Waals surface area contributed by atoms with Gasteiger partial charge in [-0.05, 0) is 48.9 Å². The zero-order valence-corrected chi connectivity index (χ0v) is 15.3. The number of anilines is 1. The molecule has 0 saturated carbocycles. The topological polar surface area (TPSA) is 97.1 Å². The summed E-state index contributed by atoms with van der Waals surface area (Å²) in [5.41, 5.74) is 7.91. The SMILES string of the molecule is Cc1nc(-c2ccc(F)cc2)sc1C(=O)NCc1ccc(NC(N)=O)cc1. The minimum atomic E-state index is -0.631. The van der Waals surface area contributed by atoms with Crippen LogP contribution in [0, 0.1) is 12.7 Å². The summed E-state index contributed by atoms with van der Waals surface area (Å²) in [6, 6.07) is 12.4. The van der Waals surface area contributed by atoms with Gasteiger partial charge in [-0.15, -0.1) is 11.3 Å². The van der Waals surface area contributed by atoms with Crippen molar-refractivity contribution >= 4 is 29.0 Å². The van der Waals surface area contributed by atoms with Crippen molar-refractivity contribution < 1.29 is 14.0 Å². The van der Waals surface area contributed by atoms with E-state index in [4.69, 9.17) is 5.73 Å². The molecule has 138 valence electrons. The average molecular weight is 384 g/mol. The zero-order valence-electron chi connectivity index (χ0n) is 14.5. The molecule has 0 fully saturated rings. The highest BCUT2D eigenvalue weighted by atomic mass is 32.1. The normalized spacial score (nSPS) is 10.4. The first kappa shape index (κ1) is 18.5. The number of nitrogens with one attached hydrogen (secondary N) is 2. The number of aryl methyl sites for hydroxylation is 1. The highest BCUT2D eigenvalue weighted by Crippen LogP contribution is 2.28. The highest BCUT2D eigenvalue weighted by molar-refractivity contribution is 7.17. The predicted octanol–water partition coefficient (Wildman–Crippen LogP) is 3.68. The maximum atomic E-state index is 13.1. The second kappa shape index (κ2) is 7.96. The van der Waals surface area contributed by atoms with Crippen LogP contribution in [0.5, 0.6) is 0 Å². The molecule has 0 aliphatic carbocycles. The second-order valence-electron chi connectivity index (χ2n) is 5.81. The Bertz CT molecular complexity index is 968. The summed E-state index contributed by atoms with van der Waals surface area (Å²) in [7, 11) is 0. The Kier molecular flexibility index (Phi) is 5.46. The van der Waals surface area contributed by atoms with Crippen LogP contribution >= 0.6 is 11.3 Å². The molecule has 1 aromatic heterocycles. The molecule has 0 aliphatic rings. The minimum absolute atomic E-state index is 0.224. The maximum Gasteiger partial charge on any atom is 0.316 e. The van der Waals surface area contributed by atoms with Crippen LogP contribution in [0.4, 0.5) is 14.9 Å². The third kappa shape index (κ3) is 4.68. The molecule has 0 spiro atoms. The summed E-state index contributed by atoms with van der Waals surface area (Å²) in [6.07, 6.45) is 0. The molecular formula is C19H17FN4O2S. The predicted molar refractivity (Wildman–Crippen MR) is 103 cm³/mol. The Morgan fingerprint density at radius 1 is 1.11 bits per heavy atom.